The summed E-state index contributed by atoms with van der Waals surface area (Å²) in [4.78, 5) is 0. The van der Waals surface area contributed by atoms with Crippen LogP contribution in [0.4, 0.5) is 0 Å². The van der Waals surface area contributed by atoms with Crippen LogP contribution in [-0.2, 0) is 0 Å². The molecule has 1 aliphatic rings. The van der Waals surface area contributed by atoms with Crippen LogP contribution in [0.1, 0.15) is 59.8 Å². The van der Waals surface area contributed by atoms with Crippen LogP contribution >= 0.6 is 11.6 Å². The van der Waals surface area contributed by atoms with E-state index in [4.69, 9.17) is 11.6 Å². The van der Waals surface area contributed by atoms with Crippen molar-refractivity contribution in [3.05, 3.63) is 11.1 Å². The number of halogens is 1. The zero-order valence-electron chi connectivity index (χ0n) is 11.0. The van der Waals surface area contributed by atoms with E-state index >= 15 is 0 Å². The summed E-state index contributed by atoms with van der Waals surface area (Å²) in [6.07, 6.45) is 6.78. The molecule has 16 heavy (non-hydrogen) atoms. The maximum atomic E-state index is 11.0. The van der Waals surface area contributed by atoms with Gasteiger partial charge in [0.15, 0.2) is 0 Å². The number of hydrogen-bond donors (Lipinski definition) is 1. The van der Waals surface area contributed by atoms with Crippen LogP contribution in [0.5, 0.6) is 0 Å². The van der Waals surface area contributed by atoms with Gasteiger partial charge in [-0.25, -0.2) is 0 Å². The Balaban J connectivity index is 2.89. The number of hydrogen-bond acceptors (Lipinski definition) is 1. The molecule has 0 fully saturated rings. The number of aliphatic hydroxyl groups is 1. The minimum Gasteiger partial charge on any atom is -0.389 e. The highest BCUT2D eigenvalue weighted by molar-refractivity contribution is 6.29. The van der Waals surface area contributed by atoms with Gasteiger partial charge in [0.05, 0.1) is 5.60 Å². The van der Waals surface area contributed by atoms with Crippen molar-refractivity contribution < 1.29 is 5.11 Å². The third-order valence-corrected chi connectivity index (χ3v) is 4.97. The number of allylic oxidation sites excluding steroid dienone is 2. The second-order valence-electron chi connectivity index (χ2n) is 5.64. The van der Waals surface area contributed by atoms with Gasteiger partial charge in [0.2, 0.25) is 0 Å². The summed E-state index contributed by atoms with van der Waals surface area (Å²) < 4.78 is 0. The quantitative estimate of drug-likeness (QED) is 0.773. The van der Waals surface area contributed by atoms with Gasteiger partial charge >= 0.3 is 0 Å². The largest absolute Gasteiger partial charge is 0.389 e. The van der Waals surface area contributed by atoms with E-state index in [1.165, 1.54) is 0 Å². The standard InChI is InChI=1S/C14H25ClO/c1-5-13(3,4)14(16,6-2)11-7-9-12(15)10-8-11/h9,11,16H,5-8,10H2,1-4H3/t11?,14-/m0/s1. The molecule has 0 aromatic carbocycles. The van der Waals surface area contributed by atoms with Gasteiger partial charge in [-0.2, -0.15) is 0 Å². The Morgan fingerprint density at radius 2 is 2.00 bits per heavy atom. The van der Waals surface area contributed by atoms with Crippen molar-refractivity contribution in [1.82, 2.24) is 0 Å². The van der Waals surface area contributed by atoms with Crippen molar-refractivity contribution in [1.29, 1.82) is 0 Å². The fraction of sp³-hybridized carbons (Fsp3) is 0.857. The lowest BCUT2D eigenvalue weighted by Gasteiger charge is -2.48. The van der Waals surface area contributed by atoms with Gasteiger partial charge in [0, 0.05) is 5.03 Å². The Labute approximate surface area is 105 Å². The first-order chi connectivity index (χ1) is 7.37. The van der Waals surface area contributed by atoms with E-state index in [0.717, 1.165) is 37.1 Å². The van der Waals surface area contributed by atoms with Crippen LogP contribution in [0, 0.1) is 11.3 Å². The molecule has 0 aromatic heterocycles. The molecule has 0 saturated heterocycles. The molecule has 1 aliphatic carbocycles. The third kappa shape index (κ3) is 2.46. The smallest absolute Gasteiger partial charge is 0.0726 e. The molecule has 2 heteroatoms. The maximum absolute atomic E-state index is 11.0. The molecule has 0 aliphatic heterocycles. The van der Waals surface area contributed by atoms with Crippen molar-refractivity contribution in [3.8, 4) is 0 Å². The summed E-state index contributed by atoms with van der Waals surface area (Å²) in [5.41, 5.74) is -0.583. The van der Waals surface area contributed by atoms with Crippen LogP contribution < -0.4 is 0 Å². The van der Waals surface area contributed by atoms with Crippen molar-refractivity contribution in [2.24, 2.45) is 11.3 Å². The lowest BCUT2D eigenvalue weighted by atomic mass is 9.62. The van der Waals surface area contributed by atoms with Gasteiger partial charge in [0.1, 0.15) is 0 Å². The second kappa shape index (κ2) is 5.10. The van der Waals surface area contributed by atoms with Gasteiger partial charge in [-0.1, -0.05) is 45.4 Å². The van der Waals surface area contributed by atoms with Crippen LogP contribution in [0.15, 0.2) is 11.1 Å². The Bertz CT molecular complexity index is 270. The summed E-state index contributed by atoms with van der Waals surface area (Å²) in [5.74, 6) is 0.356. The fourth-order valence-corrected chi connectivity index (χ4v) is 3.06. The van der Waals surface area contributed by atoms with Gasteiger partial charge in [-0.15, -0.1) is 0 Å². The van der Waals surface area contributed by atoms with E-state index in [1.807, 2.05) is 0 Å². The lowest BCUT2D eigenvalue weighted by Crippen LogP contribution is -2.50. The molecular formula is C14H25ClO. The second-order valence-corrected chi connectivity index (χ2v) is 6.12. The molecule has 0 radical (unpaired) electrons. The molecule has 0 amide bonds. The van der Waals surface area contributed by atoms with Gasteiger partial charge in [0.25, 0.3) is 0 Å². The summed E-state index contributed by atoms with van der Waals surface area (Å²) in [6.45, 7) is 8.61. The van der Waals surface area contributed by atoms with Crippen molar-refractivity contribution in [3.63, 3.8) is 0 Å². The van der Waals surface area contributed by atoms with Crippen LogP contribution in [0.2, 0.25) is 0 Å². The predicted octanol–water partition coefficient (Wildman–Crippen LogP) is 4.49. The first-order valence-corrected chi connectivity index (χ1v) is 6.82. The Morgan fingerprint density at radius 1 is 1.38 bits per heavy atom. The van der Waals surface area contributed by atoms with Crippen molar-refractivity contribution in [2.45, 2.75) is 65.4 Å². The third-order valence-electron chi connectivity index (χ3n) is 4.63. The van der Waals surface area contributed by atoms with E-state index in [2.05, 4.69) is 33.8 Å². The maximum Gasteiger partial charge on any atom is 0.0726 e. The Hall–Kier alpha value is -0.0100. The highest BCUT2D eigenvalue weighted by atomic mass is 35.5. The zero-order chi connectivity index (χ0) is 12.4. The molecule has 1 rings (SSSR count). The van der Waals surface area contributed by atoms with E-state index < -0.39 is 5.60 Å². The minimum absolute atomic E-state index is 0.0237. The minimum atomic E-state index is -0.560. The highest BCUT2D eigenvalue weighted by Gasteiger charge is 2.46. The van der Waals surface area contributed by atoms with Gasteiger partial charge in [-0.05, 0) is 43.4 Å². The molecule has 1 unspecified atom stereocenters. The van der Waals surface area contributed by atoms with Crippen LogP contribution in [-0.4, -0.2) is 10.7 Å². The molecule has 0 aromatic rings. The molecule has 1 nitrogen and oxygen atoms in total. The SMILES string of the molecule is CCC(C)(C)[C@](O)(CC)C1CC=C(Cl)CC1. The average molecular weight is 245 g/mol. The van der Waals surface area contributed by atoms with Crippen molar-refractivity contribution in [2.75, 3.05) is 0 Å². The molecule has 2 atom stereocenters. The van der Waals surface area contributed by atoms with Gasteiger partial charge in [-0.3, -0.25) is 0 Å². The molecule has 0 heterocycles. The summed E-state index contributed by atoms with van der Waals surface area (Å²) in [5, 5.41) is 11.9. The van der Waals surface area contributed by atoms with E-state index in [0.29, 0.717) is 5.92 Å². The van der Waals surface area contributed by atoms with Gasteiger partial charge < -0.3 is 5.11 Å². The molecular weight excluding hydrogens is 220 g/mol. The first-order valence-electron chi connectivity index (χ1n) is 6.44. The fourth-order valence-electron chi connectivity index (χ4n) is 2.86. The topological polar surface area (TPSA) is 20.2 Å². The highest BCUT2D eigenvalue weighted by Crippen LogP contribution is 2.46. The first kappa shape index (κ1) is 14.1. The van der Waals surface area contributed by atoms with Crippen molar-refractivity contribution >= 4 is 11.6 Å². The van der Waals surface area contributed by atoms with E-state index in [9.17, 15) is 5.11 Å². The summed E-state index contributed by atoms with van der Waals surface area (Å²) in [7, 11) is 0. The summed E-state index contributed by atoms with van der Waals surface area (Å²) in [6, 6.07) is 0. The Kier molecular flexibility index (Phi) is 4.48. The van der Waals surface area contributed by atoms with E-state index in [-0.39, 0.29) is 5.41 Å². The molecule has 1 N–H and O–H groups in total. The molecule has 0 spiro atoms. The number of rotatable bonds is 4. The average Bonchev–Trinajstić information content (AvgIpc) is 2.28. The molecule has 0 bridgehead atoms. The monoisotopic (exact) mass is 244 g/mol. The van der Waals surface area contributed by atoms with E-state index in [1.54, 1.807) is 0 Å². The Morgan fingerprint density at radius 3 is 2.38 bits per heavy atom. The van der Waals surface area contributed by atoms with Crippen LogP contribution in [0.25, 0.3) is 0 Å². The summed E-state index contributed by atoms with van der Waals surface area (Å²) >= 11 is 6.00. The lowest BCUT2D eigenvalue weighted by molar-refractivity contribution is -0.119. The van der Waals surface area contributed by atoms with Crippen LogP contribution in [0.3, 0.4) is 0 Å². The molecule has 0 saturated carbocycles. The zero-order valence-corrected chi connectivity index (χ0v) is 11.8. The predicted molar refractivity (Wildman–Crippen MR) is 70.6 cm³/mol. The normalized spacial score (nSPS) is 26.1. The molecule has 94 valence electrons.